The van der Waals surface area contributed by atoms with Gasteiger partial charge in [0.2, 0.25) is 0 Å². The number of esters is 1. The molecule has 3 heterocycles. The Labute approximate surface area is 323 Å². The molecule has 0 bridgehead atoms. The van der Waals surface area contributed by atoms with Gasteiger partial charge < -0.3 is 53.2 Å². The molecule has 0 radical (unpaired) electrons. The van der Waals surface area contributed by atoms with Crippen LogP contribution in [0.15, 0.2) is 30.3 Å². The lowest BCUT2D eigenvalue weighted by molar-refractivity contribution is -0.343. The zero-order valence-corrected chi connectivity index (χ0v) is 33.1. The fourth-order valence-corrected chi connectivity index (χ4v) is 12.7. The lowest BCUT2D eigenvalue weighted by Crippen LogP contribution is -2.70. The molecule has 13 heteroatoms. The molecule has 13 unspecified atom stereocenters. The SMILES string of the molecule is COC1CC(O[C@H]2CC[C@@]3(C)C(CCC45OC46CC[C@H](C(C)=O)[C@@]6(C)[C@H](O)[C@@H](OC(=O)c4ccccc4)C53)C2)OC(C)C1OC1OC(C)C(O)C(OC)C1O. The van der Waals surface area contributed by atoms with Crippen molar-refractivity contribution in [1.29, 1.82) is 0 Å². The van der Waals surface area contributed by atoms with Gasteiger partial charge in [-0.2, -0.15) is 0 Å². The minimum absolute atomic E-state index is 0.0372. The topological polar surface area (TPSA) is 172 Å². The summed E-state index contributed by atoms with van der Waals surface area (Å²) in [5, 5.41) is 33.8. The lowest BCUT2D eigenvalue weighted by atomic mass is 9.43. The number of rotatable bonds is 9. The highest BCUT2D eigenvalue weighted by atomic mass is 16.7. The zero-order chi connectivity index (χ0) is 39.2. The average molecular weight is 773 g/mol. The molecule has 2 spiro atoms. The van der Waals surface area contributed by atoms with Crippen LogP contribution < -0.4 is 0 Å². The van der Waals surface area contributed by atoms with Crippen molar-refractivity contribution in [2.45, 2.75) is 171 Å². The minimum atomic E-state index is -1.21. The maximum Gasteiger partial charge on any atom is 0.338 e. The van der Waals surface area contributed by atoms with Crippen LogP contribution in [0.1, 0.15) is 96.3 Å². The van der Waals surface area contributed by atoms with Gasteiger partial charge in [0.15, 0.2) is 12.6 Å². The number of epoxide rings is 1. The summed E-state index contributed by atoms with van der Waals surface area (Å²) < 4.78 is 49.9. The second-order valence-electron chi connectivity index (χ2n) is 18.0. The Hall–Kier alpha value is -2.04. The monoisotopic (exact) mass is 772 g/mol. The Morgan fingerprint density at radius 2 is 1.56 bits per heavy atom. The van der Waals surface area contributed by atoms with Gasteiger partial charge in [-0.1, -0.05) is 32.0 Å². The second kappa shape index (κ2) is 14.4. The molecule has 13 nitrogen and oxygen atoms in total. The van der Waals surface area contributed by atoms with Crippen molar-refractivity contribution in [3.05, 3.63) is 35.9 Å². The van der Waals surface area contributed by atoms with Gasteiger partial charge in [-0.3, -0.25) is 4.79 Å². The first-order chi connectivity index (χ1) is 26.2. The molecule has 0 aromatic heterocycles. The van der Waals surface area contributed by atoms with Crippen LogP contribution in [0.4, 0.5) is 0 Å². The summed E-state index contributed by atoms with van der Waals surface area (Å²) in [5.41, 5.74) is -2.02. The minimum Gasteiger partial charge on any atom is -0.456 e. The van der Waals surface area contributed by atoms with E-state index in [0.29, 0.717) is 24.8 Å². The first-order valence-corrected chi connectivity index (χ1v) is 20.3. The number of benzene rings is 1. The van der Waals surface area contributed by atoms with Crippen molar-refractivity contribution in [2.24, 2.45) is 28.6 Å². The van der Waals surface area contributed by atoms with Crippen LogP contribution >= 0.6 is 0 Å². The van der Waals surface area contributed by atoms with Crippen molar-refractivity contribution in [2.75, 3.05) is 14.2 Å². The molecule has 4 aliphatic carbocycles. The number of hydrogen-bond donors (Lipinski definition) is 3. The summed E-state index contributed by atoms with van der Waals surface area (Å²) in [5.74, 6) is -0.885. The molecule has 306 valence electrons. The molecule has 8 rings (SSSR count). The van der Waals surface area contributed by atoms with Gasteiger partial charge in [-0.05, 0) is 89.2 Å². The molecular formula is C42H60O13. The molecular weight excluding hydrogens is 712 g/mol. The summed E-state index contributed by atoms with van der Waals surface area (Å²) >= 11 is 0. The normalized spacial score (nSPS) is 51.6. The first kappa shape index (κ1) is 39.8. The highest BCUT2D eigenvalue weighted by Gasteiger charge is 2.90. The number of ketones is 1. The molecule has 3 aliphatic heterocycles. The van der Waals surface area contributed by atoms with Gasteiger partial charge in [0, 0.05) is 37.9 Å². The lowest BCUT2D eigenvalue weighted by Gasteiger charge is -2.61. The van der Waals surface area contributed by atoms with Crippen molar-refractivity contribution in [1.82, 2.24) is 0 Å². The Bertz CT molecular complexity index is 1590. The van der Waals surface area contributed by atoms with Crippen LogP contribution in [-0.4, -0.2) is 126 Å². The molecule has 1 aromatic carbocycles. The second-order valence-corrected chi connectivity index (χ2v) is 18.0. The summed E-state index contributed by atoms with van der Waals surface area (Å²) in [6, 6.07) is 8.89. The van der Waals surface area contributed by atoms with E-state index in [1.165, 1.54) is 7.11 Å². The number of ether oxygens (including phenoxy) is 8. The van der Waals surface area contributed by atoms with Gasteiger partial charge in [0.05, 0.1) is 30.0 Å². The van der Waals surface area contributed by atoms with Gasteiger partial charge in [0.25, 0.3) is 0 Å². The van der Waals surface area contributed by atoms with Crippen LogP contribution in [0.2, 0.25) is 0 Å². The van der Waals surface area contributed by atoms with Crippen LogP contribution in [-0.2, 0) is 42.7 Å². The van der Waals surface area contributed by atoms with Crippen molar-refractivity contribution in [3.63, 3.8) is 0 Å². The Kier molecular flexibility index (Phi) is 10.4. The predicted octanol–water partition coefficient (Wildman–Crippen LogP) is 3.72. The van der Waals surface area contributed by atoms with E-state index in [2.05, 4.69) is 6.92 Å². The molecule has 3 N–H and O–H groups in total. The summed E-state index contributed by atoms with van der Waals surface area (Å²) in [7, 11) is 3.05. The summed E-state index contributed by atoms with van der Waals surface area (Å²) in [6.45, 7) is 9.46. The van der Waals surface area contributed by atoms with Crippen LogP contribution in [0, 0.1) is 28.6 Å². The molecule has 55 heavy (non-hydrogen) atoms. The van der Waals surface area contributed by atoms with E-state index in [1.807, 2.05) is 19.9 Å². The number of aliphatic hydroxyl groups is 3. The number of carbonyl (C=O) groups is 2. The molecule has 7 aliphatic rings. The van der Waals surface area contributed by atoms with Crippen molar-refractivity contribution >= 4 is 11.8 Å². The number of methoxy groups -OCH3 is 2. The standard InChI is InChI=1S/C42H60O13/c1-21(43)27-15-18-42-40(27,5)36(46)34(53-37(47)24-11-9-8-10-12-24)35-39(4)16-14-26(19-25(39)13-17-41(35,42)55-42)52-29-20-28(48-6)32(23(3)50-29)54-38-31(45)33(49-7)30(44)22(2)51-38/h8-12,22-23,25-36,38,44-46H,13-20H2,1-7H3/t22?,23?,25?,26-,27+,28?,29?,30?,31?,32?,33?,34-,35?,36+,38?,39-,40-,41?,42?/m0/s1. The number of carbonyl (C=O) groups excluding carboxylic acids is 2. The Balaban J connectivity index is 0.987. The van der Waals surface area contributed by atoms with E-state index >= 15 is 0 Å². The van der Waals surface area contributed by atoms with E-state index in [1.54, 1.807) is 45.2 Å². The smallest absolute Gasteiger partial charge is 0.338 e. The fraction of sp³-hybridized carbons (Fsp3) is 0.810. The van der Waals surface area contributed by atoms with E-state index in [0.717, 1.165) is 32.1 Å². The van der Waals surface area contributed by atoms with Crippen LogP contribution in [0.5, 0.6) is 0 Å². The molecule has 4 saturated carbocycles. The summed E-state index contributed by atoms with van der Waals surface area (Å²) in [6.07, 6.45) is -3.06. The fourth-order valence-electron chi connectivity index (χ4n) is 12.7. The third-order valence-electron chi connectivity index (χ3n) is 15.5. The zero-order valence-electron chi connectivity index (χ0n) is 33.1. The van der Waals surface area contributed by atoms with Crippen LogP contribution in [0.25, 0.3) is 0 Å². The first-order valence-electron chi connectivity index (χ1n) is 20.3. The van der Waals surface area contributed by atoms with Crippen molar-refractivity contribution < 1.29 is 62.8 Å². The molecule has 19 atom stereocenters. The van der Waals surface area contributed by atoms with Crippen LogP contribution in [0.3, 0.4) is 0 Å². The highest BCUT2D eigenvalue weighted by molar-refractivity contribution is 5.89. The predicted molar refractivity (Wildman–Crippen MR) is 195 cm³/mol. The van der Waals surface area contributed by atoms with E-state index in [4.69, 9.17) is 37.9 Å². The number of Topliss-reactive ketones (excluding diaryl/α,β-unsaturated/α-hetero) is 1. The van der Waals surface area contributed by atoms with E-state index < -0.39 is 90.1 Å². The van der Waals surface area contributed by atoms with E-state index in [-0.39, 0.29) is 35.1 Å². The Morgan fingerprint density at radius 3 is 2.25 bits per heavy atom. The van der Waals surface area contributed by atoms with Gasteiger partial charge in [0.1, 0.15) is 53.6 Å². The van der Waals surface area contributed by atoms with E-state index in [9.17, 15) is 24.9 Å². The molecule has 1 aromatic rings. The maximum absolute atomic E-state index is 13.8. The highest BCUT2D eigenvalue weighted by Crippen LogP contribution is 2.81. The van der Waals surface area contributed by atoms with Gasteiger partial charge >= 0.3 is 5.97 Å². The maximum atomic E-state index is 13.8. The largest absolute Gasteiger partial charge is 0.456 e. The average Bonchev–Trinajstić information content (AvgIpc) is 3.71. The number of aliphatic hydroxyl groups excluding tert-OH is 3. The molecule has 7 fully saturated rings. The van der Waals surface area contributed by atoms with Crippen molar-refractivity contribution in [3.8, 4) is 0 Å². The Morgan fingerprint density at radius 1 is 0.818 bits per heavy atom. The van der Waals surface area contributed by atoms with Gasteiger partial charge in [-0.15, -0.1) is 0 Å². The molecule has 3 saturated heterocycles. The third-order valence-corrected chi connectivity index (χ3v) is 15.5. The molecule has 0 amide bonds. The quantitative estimate of drug-likeness (QED) is 0.189. The number of fused-ring (bicyclic) bond motifs is 2. The van der Waals surface area contributed by atoms with Gasteiger partial charge in [-0.25, -0.2) is 4.79 Å². The third kappa shape index (κ3) is 5.92. The summed E-state index contributed by atoms with van der Waals surface area (Å²) in [4.78, 5) is 26.8. The number of hydrogen-bond acceptors (Lipinski definition) is 13.